The van der Waals surface area contributed by atoms with Gasteiger partial charge in [-0.15, -0.1) is 6.58 Å². The lowest BCUT2D eigenvalue weighted by atomic mass is 10.1. The molecule has 0 aromatic heterocycles. The third-order valence-electron chi connectivity index (χ3n) is 2.60. The molecule has 1 aromatic rings. The Morgan fingerprint density at radius 2 is 1.85 bits per heavy atom. The van der Waals surface area contributed by atoms with Gasteiger partial charge in [0.15, 0.2) is 0 Å². The maximum Gasteiger partial charge on any atom is 0.323 e. The van der Waals surface area contributed by atoms with Crippen molar-refractivity contribution in [1.29, 1.82) is 0 Å². The highest BCUT2D eigenvalue weighted by atomic mass is 16.5. The number of nitrogens with zero attached hydrogens (tertiary/aromatic N) is 1. The molecule has 108 valence electrons. The zero-order valence-electron chi connectivity index (χ0n) is 11.5. The number of hydrogen-bond donors (Lipinski definition) is 1. The highest BCUT2D eigenvalue weighted by molar-refractivity contribution is 6.01. The number of carbonyl (C=O) groups excluding carboxylic acids is 1. The fourth-order valence-corrected chi connectivity index (χ4v) is 1.76. The molecule has 1 aromatic carbocycles. The van der Waals surface area contributed by atoms with Crippen molar-refractivity contribution in [2.45, 2.75) is 0 Å². The molecule has 0 unspecified atom stereocenters. The minimum absolute atomic E-state index is 0.117. The summed E-state index contributed by atoms with van der Waals surface area (Å²) >= 11 is 0. The molecule has 0 bridgehead atoms. The van der Waals surface area contributed by atoms with E-state index in [0.717, 1.165) is 4.90 Å². The lowest BCUT2D eigenvalue weighted by molar-refractivity contribution is -0.137. The van der Waals surface area contributed by atoms with Gasteiger partial charge in [0.1, 0.15) is 23.6 Å². The summed E-state index contributed by atoms with van der Waals surface area (Å²) in [7, 11) is 2.86. The van der Waals surface area contributed by atoms with Gasteiger partial charge in [-0.05, 0) is 12.1 Å². The molecule has 1 N–H and O–H groups in total. The second-order valence-electron chi connectivity index (χ2n) is 3.91. The van der Waals surface area contributed by atoms with E-state index < -0.39 is 18.4 Å². The van der Waals surface area contributed by atoms with E-state index >= 15 is 0 Å². The molecular formula is C14H17NO5. The summed E-state index contributed by atoms with van der Waals surface area (Å²) in [6.07, 6.45) is 1.46. The topological polar surface area (TPSA) is 76.1 Å². The van der Waals surface area contributed by atoms with Gasteiger partial charge in [0.05, 0.1) is 14.2 Å². The highest BCUT2D eigenvalue weighted by Crippen LogP contribution is 2.29. The van der Waals surface area contributed by atoms with Crippen molar-refractivity contribution in [1.82, 2.24) is 4.90 Å². The Morgan fingerprint density at radius 1 is 1.30 bits per heavy atom. The summed E-state index contributed by atoms with van der Waals surface area (Å²) in [5, 5.41) is 8.87. The van der Waals surface area contributed by atoms with Crippen molar-refractivity contribution in [3.8, 4) is 11.5 Å². The summed E-state index contributed by atoms with van der Waals surface area (Å²) in [4.78, 5) is 24.5. The maximum atomic E-state index is 12.5. The predicted molar refractivity (Wildman–Crippen MR) is 73.3 cm³/mol. The first kappa shape index (κ1) is 15.6. The first-order valence-corrected chi connectivity index (χ1v) is 5.88. The summed E-state index contributed by atoms with van der Waals surface area (Å²) in [5.74, 6) is -0.932. The number of rotatable bonds is 7. The van der Waals surface area contributed by atoms with Crippen LogP contribution in [-0.2, 0) is 4.79 Å². The van der Waals surface area contributed by atoms with Crippen molar-refractivity contribution in [3.63, 3.8) is 0 Å². The van der Waals surface area contributed by atoms with Crippen molar-refractivity contribution < 1.29 is 24.2 Å². The second kappa shape index (κ2) is 7.18. The lowest BCUT2D eigenvalue weighted by Crippen LogP contribution is -2.36. The van der Waals surface area contributed by atoms with Gasteiger partial charge in [-0.2, -0.15) is 0 Å². The first-order chi connectivity index (χ1) is 9.54. The van der Waals surface area contributed by atoms with Crippen LogP contribution in [0.5, 0.6) is 11.5 Å². The molecule has 20 heavy (non-hydrogen) atoms. The second-order valence-corrected chi connectivity index (χ2v) is 3.91. The minimum atomic E-state index is -1.10. The fourth-order valence-electron chi connectivity index (χ4n) is 1.76. The smallest absolute Gasteiger partial charge is 0.323 e. The van der Waals surface area contributed by atoms with Crippen LogP contribution in [0, 0.1) is 0 Å². The fraction of sp³-hybridized carbons (Fsp3) is 0.286. The molecule has 0 atom stereocenters. The number of benzene rings is 1. The number of hydrogen-bond acceptors (Lipinski definition) is 4. The third kappa shape index (κ3) is 3.50. The van der Waals surface area contributed by atoms with E-state index in [1.165, 1.54) is 20.3 Å². The molecule has 6 nitrogen and oxygen atoms in total. The quantitative estimate of drug-likeness (QED) is 0.764. The van der Waals surface area contributed by atoms with Crippen LogP contribution in [0.25, 0.3) is 0 Å². The molecular weight excluding hydrogens is 262 g/mol. The average Bonchev–Trinajstić information content (AvgIpc) is 2.44. The van der Waals surface area contributed by atoms with Gasteiger partial charge in [-0.25, -0.2) is 0 Å². The number of carboxylic acids is 1. The monoisotopic (exact) mass is 279 g/mol. The average molecular weight is 279 g/mol. The zero-order valence-corrected chi connectivity index (χ0v) is 11.5. The van der Waals surface area contributed by atoms with E-state index in [-0.39, 0.29) is 12.1 Å². The Kier molecular flexibility index (Phi) is 5.58. The summed E-state index contributed by atoms with van der Waals surface area (Å²) in [5.41, 5.74) is 0.195. The van der Waals surface area contributed by atoms with E-state index in [4.69, 9.17) is 14.6 Å². The van der Waals surface area contributed by atoms with E-state index in [0.29, 0.717) is 11.5 Å². The van der Waals surface area contributed by atoms with E-state index in [1.807, 2.05) is 0 Å². The van der Waals surface area contributed by atoms with Crippen molar-refractivity contribution in [2.75, 3.05) is 27.3 Å². The van der Waals surface area contributed by atoms with Crippen LogP contribution in [-0.4, -0.2) is 49.2 Å². The number of aliphatic carboxylic acids is 1. The largest absolute Gasteiger partial charge is 0.496 e. The summed E-state index contributed by atoms with van der Waals surface area (Å²) in [6, 6.07) is 4.91. The Hall–Kier alpha value is -2.50. The number of carboxylic acid groups (broad SMARTS) is 1. The highest BCUT2D eigenvalue weighted by Gasteiger charge is 2.24. The van der Waals surface area contributed by atoms with Crippen LogP contribution in [0.2, 0.25) is 0 Å². The molecule has 1 amide bonds. The predicted octanol–water partition coefficient (Wildman–Crippen LogP) is 1.42. The number of ether oxygens (including phenoxy) is 2. The van der Waals surface area contributed by atoms with Gasteiger partial charge in [-0.1, -0.05) is 12.1 Å². The van der Waals surface area contributed by atoms with Crippen LogP contribution in [0.15, 0.2) is 30.9 Å². The zero-order chi connectivity index (χ0) is 15.1. The van der Waals surface area contributed by atoms with Gasteiger partial charge < -0.3 is 19.5 Å². The van der Waals surface area contributed by atoms with Crippen LogP contribution in [0.1, 0.15) is 10.4 Å². The molecule has 0 aliphatic carbocycles. The molecule has 0 heterocycles. The number of carbonyl (C=O) groups is 2. The Labute approximate surface area is 117 Å². The van der Waals surface area contributed by atoms with Gasteiger partial charge in [0.2, 0.25) is 0 Å². The molecule has 0 radical (unpaired) electrons. The van der Waals surface area contributed by atoms with E-state index in [2.05, 4.69) is 6.58 Å². The molecule has 0 saturated heterocycles. The van der Waals surface area contributed by atoms with E-state index in [1.54, 1.807) is 18.2 Å². The van der Waals surface area contributed by atoms with Crippen LogP contribution >= 0.6 is 0 Å². The van der Waals surface area contributed by atoms with Crippen molar-refractivity contribution in [2.24, 2.45) is 0 Å². The number of amides is 1. The van der Waals surface area contributed by atoms with Gasteiger partial charge in [0.25, 0.3) is 5.91 Å². The van der Waals surface area contributed by atoms with E-state index in [9.17, 15) is 9.59 Å². The minimum Gasteiger partial charge on any atom is -0.496 e. The number of methoxy groups -OCH3 is 2. The van der Waals surface area contributed by atoms with Crippen LogP contribution in [0.3, 0.4) is 0 Å². The van der Waals surface area contributed by atoms with Crippen LogP contribution < -0.4 is 9.47 Å². The summed E-state index contributed by atoms with van der Waals surface area (Å²) in [6.45, 7) is 3.21. The standard InChI is InChI=1S/C14H17NO5/c1-4-8-15(9-12(16)17)14(18)13-10(19-2)6-5-7-11(13)20-3/h4-7H,1,8-9H2,2-3H3,(H,16,17). The van der Waals surface area contributed by atoms with Crippen molar-refractivity contribution >= 4 is 11.9 Å². The lowest BCUT2D eigenvalue weighted by Gasteiger charge is -2.21. The Morgan fingerprint density at radius 3 is 2.25 bits per heavy atom. The van der Waals surface area contributed by atoms with Gasteiger partial charge in [0, 0.05) is 6.54 Å². The molecule has 0 fully saturated rings. The molecule has 0 spiro atoms. The molecule has 0 aliphatic rings. The Balaban J connectivity index is 3.22. The molecule has 0 saturated carbocycles. The summed E-state index contributed by atoms with van der Waals surface area (Å²) < 4.78 is 10.3. The first-order valence-electron chi connectivity index (χ1n) is 5.88. The maximum absolute atomic E-state index is 12.5. The molecule has 6 heteroatoms. The third-order valence-corrected chi connectivity index (χ3v) is 2.60. The SMILES string of the molecule is C=CCN(CC(=O)O)C(=O)c1c(OC)cccc1OC. The molecule has 0 aliphatic heterocycles. The van der Waals surface area contributed by atoms with Crippen molar-refractivity contribution in [3.05, 3.63) is 36.4 Å². The van der Waals surface area contributed by atoms with Gasteiger partial charge >= 0.3 is 5.97 Å². The normalized spacial score (nSPS) is 9.70. The van der Waals surface area contributed by atoms with Gasteiger partial charge in [-0.3, -0.25) is 9.59 Å². The molecule has 1 rings (SSSR count). The van der Waals surface area contributed by atoms with Crippen LogP contribution in [0.4, 0.5) is 0 Å². The Bertz CT molecular complexity index is 490.